The number of halogens is 1. The van der Waals surface area contributed by atoms with Crippen LogP contribution in [0.4, 0.5) is 4.39 Å². The van der Waals surface area contributed by atoms with Gasteiger partial charge in [0.05, 0.1) is 25.4 Å². The number of esters is 1. The molecule has 0 aromatic heterocycles. The molecule has 2 aromatic rings. The van der Waals surface area contributed by atoms with E-state index in [1.165, 1.54) is 0 Å². The number of hydrogen-bond acceptors (Lipinski definition) is 5. The van der Waals surface area contributed by atoms with Crippen LogP contribution < -0.4 is 0 Å². The summed E-state index contributed by atoms with van der Waals surface area (Å²) >= 11 is 0. The number of nitrogens with zero attached hydrogens (tertiary/aromatic N) is 1. The molecule has 0 saturated carbocycles. The van der Waals surface area contributed by atoms with Crippen LogP contribution in [-0.4, -0.2) is 54.4 Å². The first kappa shape index (κ1) is 29.0. The van der Waals surface area contributed by atoms with E-state index in [2.05, 4.69) is 23.1 Å². The third kappa shape index (κ3) is 9.06. The zero-order valence-electron chi connectivity index (χ0n) is 22.7. The van der Waals surface area contributed by atoms with Gasteiger partial charge in [-0.25, -0.2) is 4.39 Å². The fourth-order valence-electron chi connectivity index (χ4n) is 4.92. The minimum Gasteiger partial charge on any atom is -0.466 e. The highest BCUT2D eigenvalue weighted by atomic mass is 19.1. The van der Waals surface area contributed by atoms with Gasteiger partial charge in [-0.15, -0.1) is 0 Å². The van der Waals surface area contributed by atoms with E-state index in [4.69, 9.17) is 9.47 Å². The van der Waals surface area contributed by atoms with Crippen LogP contribution in [0.15, 0.2) is 42.5 Å². The summed E-state index contributed by atoms with van der Waals surface area (Å²) in [6, 6.07) is 12.0. The van der Waals surface area contributed by atoms with E-state index in [0.717, 1.165) is 48.1 Å². The van der Waals surface area contributed by atoms with Gasteiger partial charge in [-0.05, 0) is 88.2 Å². The molecular formula is C31H42FNO4. The lowest BCUT2D eigenvalue weighted by Crippen LogP contribution is -2.39. The molecule has 1 heterocycles. The lowest BCUT2D eigenvalue weighted by Gasteiger charge is -2.27. The number of carbonyl (C=O) groups excluding carboxylic acids is 1. The first-order chi connectivity index (χ1) is 17.8. The zero-order chi connectivity index (χ0) is 26.8. The quantitative estimate of drug-likeness (QED) is 0.337. The number of benzene rings is 2. The maximum atomic E-state index is 14.0. The average molecular weight is 512 g/mol. The number of rotatable bonds is 13. The van der Waals surface area contributed by atoms with Crippen molar-refractivity contribution < 1.29 is 23.8 Å². The Morgan fingerprint density at radius 2 is 2.05 bits per heavy atom. The molecule has 0 aliphatic carbocycles. The fraction of sp³-hybridized carbons (Fsp3) is 0.516. The van der Waals surface area contributed by atoms with Crippen LogP contribution in [0.1, 0.15) is 73.5 Å². The topological polar surface area (TPSA) is 59.0 Å². The molecule has 6 heteroatoms. The normalized spacial score (nSPS) is 17.8. The number of aliphatic hydroxyl groups is 1. The molecule has 1 fully saturated rings. The summed E-state index contributed by atoms with van der Waals surface area (Å²) < 4.78 is 25.1. The SMILES string of the molecule is CCOC(=O)CC/C=C/c1cc(C)ccc1C(C)OC[C@H](O)CN1CCC[C@H]1Cc1ccc(C)c(F)c1. The van der Waals surface area contributed by atoms with Crippen molar-refractivity contribution in [3.05, 3.63) is 76.1 Å². The highest BCUT2D eigenvalue weighted by Gasteiger charge is 2.27. The molecule has 2 aromatic carbocycles. The Kier molecular flexibility index (Phi) is 11.3. The summed E-state index contributed by atoms with van der Waals surface area (Å²) in [7, 11) is 0. The molecule has 0 spiro atoms. The molecule has 37 heavy (non-hydrogen) atoms. The van der Waals surface area contributed by atoms with E-state index in [9.17, 15) is 14.3 Å². The molecule has 3 rings (SSSR count). The summed E-state index contributed by atoms with van der Waals surface area (Å²) in [5, 5.41) is 10.8. The van der Waals surface area contributed by atoms with Gasteiger partial charge in [-0.1, -0.05) is 48.0 Å². The van der Waals surface area contributed by atoms with Crippen molar-refractivity contribution in [3.8, 4) is 0 Å². The molecule has 5 nitrogen and oxygen atoms in total. The van der Waals surface area contributed by atoms with Gasteiger partial charge in [0.2, 0.25) is 0 Å². The van der Waals surface area contributed by atoms with Gasteiger partial charge in [0, 0.05) is 19.0 Å². The number of carbonyl (C=O) groups is 1. The van der Waals surface area contributed by atoms with Gasteiger partial charge >= 0.3 is 5.97 Å². The molecule has 1 aliphatic heterocycles. The Labute approximate surface area is 221 Å². The van der Waals surface area contributed by atoms with Crippen LogP contribution in [-0.2, 0) is 20.7 Å². The van der Waals surface area contributed by atoms with Crippen LogP contribution in [0.5, 0.6) is 0 Å². The van der Waals surface area contributed by atoms with Crippen LogP contribution in [0, 0.1) is 19.7 Å². The van der Waals surface area contributed by atoms with Crippen molar-refractivity contribution in [3.63, 3.8) is 0 Å². The number of aliphatic hydroxyl groups excluding tert-OH is 1. The lowest BCUT2D eigenvalue weighted by molar-refractivity contribution is -0.143. The molecule has 0 radical (unpaired) electrons. The monoisotopic (exact) mass is 511 g/mol. The second kappa shape index (κ2) is 14.4. The van der Waals surface area contributed by atoms with Gasteiger partial charge in [0.15, 0.2) is 0 Å². The molecule has 3 atom stereocenters. The predicted octanol–water partition coefficient (Wildman–Crippen LogP) is 5.94. The number of likely N-dealkylation sites (tertiary alicyclic amines) is 1. The van der Waals surface area contributed by atoms with E-state index >= 15 is 0 Å². The highest BCUT2D eigenvalue weighted by molar-refractivity contribution is 5.69. The average Bonchev–Trinajstić information content (AvgIpc) is 3.29. The summed E-state index contributed by atoms with van der Waals surface area (Å²) in [5.74, 6) is -0.345. The lowest BCUT2D eigenvalue weighted by atomic mass is 10.00. The molecule has 202 valence electrons. The Bertz CT molecular complexity index is 1050. The Hall–Kier alpha value is -2.54. The Morgan fingerprint density at radius 3 is 2.81 bits per heavy atom. The largest absolute Gasteiger partial charge is 0.466 e. The van der Waals surface area contributed by atoms with Crippen molar-refractivity contribution in [2.75, 3.05) is 26.3 Å². The van der Waals surface area contributed by atoms with E-state index in [-0.39, 0.29) is 24.5 Å². The highest BCUT2D eigenvalue weighted by Crippen LogP contribution is 2.26. The number of aryl methyl sites for hydroxylation is 2. The first-order valence-corrected chi connectivity index (χ1v) is 13.5. The van der Waals surface area contributed by atoms with Crippen LogP contribution in [0.25, 0.3) is 6.08 Å². The van der Waals surface area contributed by atoms with Gasteiger partial charge in [-0.3, -0.25) is 9.69 Å². The minimum absolute atomic E-state index is 0.159. The number of allylic oxidation sites excluding steroid dienone is 1. The summed E-state index contributed by atoms with van der Waals surface area (Å²) in [5.41, 5.74) is 4.91. The van der Waals surface area contributed by atoms with Crippen LogP contribution in [0.3, 0.4) is 0 Å². The molecule has 0 bridgehead atoms. The molecular weight excluding hydrogens is 469 g/mol. The van der Waals surface area contributed by atoms with E-state index in [1.807, 2.05) is 45.1 Å². The zero-order valence-corrected chi connectivity index (χ0v) is 22.7. The molecule has 0 amide bonds. The molecule has 1 N–H and O–H groups in total. The minimum atomic E-state index is -0.605. The third-order valence-corrected chi connectivity index (χ3v) is 6.99. The summed E-state index contributed by atoms with van der Waals surface area (Å²) in [6.45, 7) is 9.75. The molecule has 1 aliphatic rings. The number of hydrogen-bond donors (Lipinski definition) is 1. The Balaban J connectivity index is 1.52. The summed E-state index contributed by atoms with van der Waals surface area (Å²) in [6.07, 6.45) is 7.12. The standard InChI is InChI=1S/C31H42FNO4/c1-5-36-31(35)11-7-6-9-26-17-22(2)12-15-29(26)24(4)37-21-28(34)20-33-16-8-10-27(33)18-25-14-13-23(3)30(32)19-25/h6,9,12-15,17,19,24,27-28,34H,5,7-8,10-11,16,18,20-21H2,1-4H3/b9-6+/t24?,27-,28+/m0/s1. The van der Waals surface area contributed by atoms with Gasteiger partial charge in [0.25, 0.3) is 0 Å². The van der Waals surface area contributed by atoms with Gasteiger partial charge in [-0.2, -0.15) is 0 Å². The van der Waals surface area contributed by atoms with Crippen molar-refractivity contribution in [1.82, 2.24) is 4.90 Å². The Morgan fingerprint density at radius 1 is 1.24 bits per heavy atom. The molecule has 1 unspecified atom stereocenters. The predicted molar refractivity (Wildman–Crippen MR) is 146 cm³/mol. The first-order valence-electron chi connectivity index (χ1n) is 13.5. The maximum Gasteiger partial charge on any atom is 0.306 e. The van der Waals surface area contributed by atoms with Crippen LogP contribution >= 0.6 is 0 Å². The molecule has 1 saturated heterocycles. The number of ether oxygens (including phenoxy) is 2. The van der Waals surface area contributed by atoms with Crippen molar-refractivity contribution in [2.45, 2.75) is 78.0 Å². The fourth-order valence-corrected chi connectivity index (χ4v) is 4.92. The smallest absolute Gasteiger partial charge is 0.306 e. The van der Waals surface area contributed by atoms with Gasteiger partial charge < -0.3 is 14.6 Å². The summed E-state index contributed by atoms with van der Waals surface area (Å²) in [4.78, 5) is 13.9. The second-order valence-electron chi connectivity index (χ2n) is 10.1. The van der Waals surface area contributed by atoms with Gasteiger partial charge in [0.1, 0.15) is 5.82 Å². The van der Waals surface area contributed by atoms with E-state index in [1.54, 1.807) is 13.0 Å². The van der Waals surface area contributed by atoms with Crippen molar-refractivity contribution >= 4 is 12.0 Å². The van der Waals surface area contributed by atoms with Crippen LogP contribution in [0.2, 0.25) is 0 Å². The van der Waals surface area contributed by atoms with E-state index < -0.39 is 6.10 Å². The van der Waals surface area contributed by atoms with Crippen molar-refractivity contribution in [1.29, 1.82) is 0 Å². The van der Waals surface area contributed by atoms with E-state index in [0.29, 0.717) is 37.6 Å². The maximum absolute atomic E-state index is 14.0. The second-order valence-corrected chi connectivity index (χ2v) is 10.1. The third-order valence-electron chi connectivity index (χ3n) is 6.99. The van der Waals surface area contributed by atoms with Crippen molar-refractivity contribution in [2.24, 2.45) is 0 Å². The number of β-amino-alcohol motifs (C(OH)–C–C–N with tert-alkyl or cyclic N) is 1.